The topological polar surface area (TPSA) is 201 Å². The van der Waals surface area contributed by atoms with Crippen LogP contribution in [0.2, 0.25) is 0 Å². The molecule has 4 atom stereocenters. The van der Waals surface area contributed by atoms with Gasteiger partial charge in [0.05, 0.1) is 18.3 Å². The van der Waals surface area contributed by atoms with Crippen LogP contribution in [-0.2, 0) is 27.5 Å². The van der Waals surface area contributed by atoms with E-state index >= 15 is 0 Å². The Kier molecular flexibility index (Phi) is 11.0. The average Bonchev–Trinajstić information content (AvgIpc) is 3.60. The van der Waals surface area contributed by atoms with Crippen molar-refractivity contribution in [2.75, 3.05) is 13.1 Å². The van der Waals surface area contributed by atoms with Gasteiger partial charge >= 0.3 is 0 Å². The fraction of sp³-hybridized carbons (Fsp3) is 0.607. The van der Waals surface area contributed by atoms with E-state index < -0.39 is 47.9 Å². The molecule has 0 aromatic carbocycles. The predicted molar refractivity (Wildman–Crippen MR) is 154 cm³/mol. The number of aliphatic hydroxyl groups excluding tert-OH is 1. The SMILES string of the molecule is CCn1nc(C(C)C)cc1C(=O)N1CCNC(=O)[C@H](C(C)C)NC(=O)[C@H](C)NC(=O)[C@H]([C@@H](C)O)NC(=O)c2cc(on2)C1. The van der Waals surface area contributed by atoms with Crippen LogP contribution in [0.1, 0.15) is 86.8 Å². The number of carbonyl (C=O) groups excluding carboxylic acids is 5. The number of aromatic nitrogens is 3. The van der Waals surface area contributed by atoms with Gasteiger partial charge in [-0.25, -0.2) is 0 Å². The second-order valence-electron chi connectivity index (χ2n) is 11.3. The van der Waals surface area contributed by atoms with Crippen LogP contribution in [0, 0.1) is 5.92 Å². The summed E-state index contributed by atoms with van der Waals surface area (Å²) in [5, 5.41) is 28.8. The molecule has 2 aromatic heterocycles. The van der Waals surface area contributed by atoms with Gasteiger partial charge in [0.2, 0.25) is 17.7 Å². The minimum absolute atomic E-state index is 0.0464. The molecule has 0 fully saturated rings. The molecular weight excluding hydrogens is 560 g/mol. The van der Waals surface area contributed by atoms with Crippen molar-refractivity contribution in [1.29, 1.82) is 0 Å². The van der Waals surface area contributed by atoms with Crippen LogP contribution in [0.3, 0.4) is 0 Å². The minimum atomic E-state index is -1.42. The molecule has 2 aromatic rings. The first-order chi connectivity index (χ1) is 20.2. The fourth-order valence-electron chi connectivity index (χ4n) is 4.46. The molecule has 3 heterocycles. The number of aliphatic hydroxyl groups is 1. The molecule has 15 nitrogen and oxygen atoms in total. The Hall–Kier alpha value is -4.27. The van der Waals surface area contributed by atoms with Crippen LogP contribution < -0.4 is 21.3 Å². The van der Waals surface area contributed by atoms with E-state index in [1.807, 2.05) is 20.8 Å². The lowest BCUT2D eigenvalue weighted by molar-refractivity contribution is -0.133. The molecule has 0 aliphatic carbocycles. The zero-order valence-electron chi connectivity index (χ0n) is 25.6. The molecule has 1 aliphatic rings. The van der Waals surface area contributed by atoms with Crippen LogP contribution in [0.5, 0.6) is 0 Å². The highest BCUT2D eigenvalue weighted by molar-refractivity contribution is 5.98. The lowest BCUT2D eigenvalue weighted by Gasteiger charge is -2.26. The first-order valence-corrected chi connectivity index (χ1v) is 14.4. The summed E-state index contributed by atoms with van der Waals surface area (Å²) in [7, 11) is 0. The zero-order chi connectivity index (χ0) is 32.0. The van der Waals surface area contributed by atoms with Gasteiger partial charge in [0, 0.05) is 25.7 Å². The lowest BCUT2D eigenvalue weighted by atomic mass is 10.0. The summed E-state index contributed by atoms with van der Waals surface area (Å²) in [6.45, 7) is 12.5. The van der Waals surface area contributed by atoms with Gasteiger partial charge in [-0.05, 0) is 38.7 Å². The van der Waals surface area contributed by atoms with Crippen molar-refractivity contribution in [2.24, 2.45) is 5.92 Å². The standard InChI is InChI=1S/C28H42N8O7/c1-8-36-21(12-19(33-36)14(2)3)28(42)35-10-9-29-26(40)22(15(4)5)31-24(38)16(6)30-27(41)23(17(7)37)32-25(39)20-11-18(13-35)43-34-20/h11-12,14-17,22-23,37H,8-10,13H2,1-7H3,(H,29,40)(H,30,41)(H,31,38)(H,32,39)/t16-,17+,22-,23-/m0/s1. The molecule has 0 radical (unpaired) electrons. The molecule has 5 N–H and O–H groups in total. The van der Waals surface area contributed by atoms with Gasteiger partial charge in [-0.15, -0.1) is 0 Å². The van der Waals surface area contributed by atoms with Gasteiger partial charge in [-0.2, -0.15) is 5.10 Å². The van der Waals surface area contributed by atoms with E-state index in [1.54, 1.807) is 24.6 Å². The molecule has 236 valence electrons. The highest BCUT2D eigenvalue weighted by Gasteiger charge is 2.32. The van der Waals surface area contributed by atoms with Crippen molar-refractivity contribution in [3.05, 3.63) is 35.0 Å². The summed E-state index contributed by atoms with van der Waals surface area (Å²) in [4.78, 5) is 67.1. The summed E-state index contributed by atoms with van der Waals surface area (Å²) in [5.41, 5.74) is 0.922. The van der Waals surface area contributed by atoms with Gasteiger partial charge in [0.15, 0.2) is 11.5 Å². The summed E-state index contributed by atoms with van der Waals surface area (Å²) >= 11 is 0. The number of hydrogen-bond acceptors (Lipinski definition) is 9. The lowest BCUT2D eigenvalue weighted by Crippen LogP contribution is -2.58. The van der Waals surface area contributed by atoms with Gasteiger partial charge < -0.3 is 35.8 Å². The van der Waals surface area contributed by atoms with Crippen molar-refractivity contribution < 1.29 is 33.6 Å². The maximum Gasteiger partial charge on any atom is 0.274 e. The Morgan fingerprint density at radius 3 is 2.33 bits per heavy atom. The summed E-state index contributed by atoms with van der Waals surface area (Å²) in [6.07, 6.45) is -1.32. The number of aryl methyl sites for hydroxylation is 1. The van der Waals surface area contributed by atoms with Gasteiger partial charge in [-0.1, -0.05) is 32.9 Å². The molecule has 0 saturated heterocycles. The van der Waals surface area contributed by atoms with E-state index in [2.05, 4.69) is 31.5 Å². The van der Waals surface area contributed by atoms with E-state index in [-0.39, 0.29) is 48.8 Å². The second kappa shape index (κ2) is 14.3. The molecule has 0 spiro atoms. The molecular formula is C28H42N8O7. The van der Waals surface area contributed by atoms with E-state index in [0.29, 0.717) is 12.2 Å². The van der Waals surface area contributed by atoms with Gasteiger partial charge in [-0.3, -0.25) is 28.7 Å². The van der Waals surface area contributed by atoms with Crippen molar-refractivity contribution in [3.63, 3.8) is 0 Å². The van der Waals surface area contributed by atoms with Crippen LogP contribution in [0.25, 0.3) is 0 Å². The summed E-state index contributed by atoms with van der Waals surface area (Å²) in [6, 6.07) is -0.394. The fourth-order valence-corrected chi connectivity index (χ4v) is 4.46. The molecule has 43 heavy (non-hydrogen) atoms. The number of amides is 5. The van der Waals surface area contributed by atoms with E-state index in [4.69, 9.17) is 4.52 Å². The Labute approximate surface area is 250 Å². The third-order valence-corrected chi connectivity index (χ3v) is 7.07. The molecule has 3 rings (SSSR count). The first-order valence-electron chi connectivity index (χ1n) is 14.4. The van der Waals surface area contributed by atoms with Crippen molar-refractivity contribution in [2.45, 2.75) is 91.7 Å². The van der Waals surface area contributed by atoms with Crippen LogP contribution in [-0.4, -0.2) is 91.8 Å². The second-order valence-corrected chi connectivity index (χ2v) is 11.3. The average molecular weight is 603 g/mol. The molecule has 2 bridgehead atoms. The molecule has 5 amide bonds. The normalized spacial score (nSPS) is 21.9. The Balaban J connectivity index is 1.99. The number of hydrogen-bond donors (Lipinski definition) is 5. The number of rotatable bonds is 5. The van der Waals surface area contributed by atoms with Gasteiger partial charge in [0.1, 0.15) is 23.8 Å². The quantitative estimate of drug-likeness (QED) is 0.310. The summed E-state index contributed by atoms with van der Waals surface area (Å²) in [5.74, 6) is -3.13. The Morgan fingerprint density at radius 1 is 1.02 bits per heavy atom. The smallest absolute Gasteiger partial charge is 0.274 e. The molecule has 0 unspecified atom stereocenters. The molecule has 15 heteroatoms. The van der Waals surface area contributed by atoms with Gasteiger partial charge in [0.25, 0.3) is 11.8 Å². The van der Waals surface area contributed by atoms with E-state index in [9.17, 15) is 29.1 Å². The third kappa shape index (κ3) is 8.18. The molecule has 1 aliphatic heterocycles. The minimum Gasteiger partial charge on any atom is -0.391 e. The largest absolute Gasteiger partial charge is 0.391 e. The Morgan fingerprint density at radius 2 is 1.72 bits per heavy atom. The summed E-state index contributed by atoms with van der Waals surface area (Å²) < 4.78 is 6.96. The zero-order valence-corrected chi connectivity index (χ0v) is 25.6. The Bertz CT molecular complexity index is 1330. The van der Waals surface area contributed by atoms with Crippen molar-refractivity contribution in [3.8, 4) is 0 Å². The van der Waals surface area contributed by atoms with E-state index in [1.165, 1.54) is 24.8 Å². The van der Waals surface area contributed by atoms with Crippen LogP contribution in [0.4, 0.5) is 0 Å². The third-order valence-electron chi connectivity index (χ3n) is 7.07. The highest BCUT2D eigenvalue weighted by atomic mass is 16.5. The maximum atomic E-state index is 13.8. The van der Waals surface area contributed by atoms with Crippen LogP contribution in [0.15, 0.2) is 16.7 Å². The first kappa shape index (κ1) is 33.2. The van der Waals surface area contributed by atoms with Crippen molar-refractivity contribution in [1.82, 2.24) is 41.1 Å². The monoisotopic (exact) mass is 602 g/mol. The number of fused-ring (bicyclic) bond motifs is 2. The highest BCUT2D eigenvalue weighted by Crippen LogP contribution is 2.18. The number of carbonyl (C=O) groups is 5. The van der Waals surface area contributed by atoms with Crippen molar-refractivity contribution >= 4 is 29.5 Å². The molecule has 0 saturated carbocycles. The number of nitrogens with zero attached hydrogens (tertiary/aromatic N) is 4. The van der Waals surface area contributed by atoms with Crippen LogP contribution >= 0.6 is 0 Å². The predicted octanol–water partition coefficient (Wildman–Crippen LogP) is -0.0887. The number of nitrogens with one attached hydrogen (secondary N) is 4. The maximum absolute atomic E-state index is 13.8. The van der Waals surface area contributed by atoms with E-state index in [0.717, 1.165) is 5.69 Å².